The number of nitrogens with one attached hydrogen (secondary N) is 1. The van der Waals surface area contributed by atoms with E-state index in [-0.39, 0.29) is 10.7 Å². The predicted octanol–water partition coefficient (Wildman–Crippen LogP) is 3.34. The minimum atomic E-state index is -0.150. The molecule has 1 saturated carbocycles. The fraction of sp³-hybridized carbons (Fsp3) is 0.923. The van der Waals surface area contributed by atoms with E-state index in [2.05, 4.69) is 28.2 Å². The van der Waals surface area contributed by atoms with Crippen molar-refractivity contribution in [3.63, 3.8) is 0 Å². The second-order valence-electron chi connectivity index (χ2n) is 5.52. The number of halogens is 1. The second kappa shape index (κ2) is 5.96. The molecule has 3 atom stereocenters. The van der Waals surface area contributed by atoms with Crippen molar-refractivity contribution in [2.75, 3.05) is 12.3 Å². The first kappa shape index (κ1) is 13.7. The first-order valence-corrected chi connectivity index (χ1v) is 8.56. The van der Waals surface area contributed by atoms with E-state index >= 15 is 0 Å². The number of hydrogen-bond acceptors (Lipinski definition) is 2. The predicted molar refractivity (Wildman–Crippen MR) is 77.8 cm³/mol. The highest BCUT2D eigenvalue weighted by molar-refractivity contribution is 9.09. The molecule has 1 saturated heterocycles. The van der Waals surface area contributed by atoms with Gasteiger partial charge in [0.15, 0.2) is 0 Å². The van der Waals surface area contributed by atoms with E-state index in [0.29, 0.717) is 10.7 Å². The zero-order chi connectivity index (χ0) is 12.3. The van der Waals surface area contributed by atoms with Crippen LogP contribution in [0.3, 0.4) is 0 Å². The van der Waals surface area contributed by atoms with Crippen molar-refractivity contribution in [2.45, 2.75) is 55.0 Å². The molecule has 2 rings (SSSR count). The van der Waals surface area contributed by atoms with Gasteiger partial charge < -0.3 is 5.32 Å². The van der Waals surface area contributed by atoms with Gasteiger partial charge in [-0.1, -0.05) is 22.4 Å². The monoisotopic (exact) mass is 319 g/mol. The molecule has 1 aliphatic carbocycles. The Morgan fingerprint density at radius 3 is 2.94 bits per heavy atom. The van der Waals surface area contributed by atoms with Gasteiger partial charge in [-0.15, -0.1) is 11.8 Å². The number of amides is 1. The quantitative estimate of drug-likeness (QED) is 0.808. The summed E-state index contributed by atoms with van der Waals surface area (Å²) in [5.74, 6) is 2.07. The minimum absolute atomic E-state index is 0.150. The van der Waals surface area contributed by atoms with E-state index < -0.39 is 0 Å². The molecule has 0 spiro atoms. The zero-order valence-electron chi connectivity index (χ0n) is 10.5. The maximum absolute atomic E-state index is 12.1. The number of rotatable bonds is 3. The molecule has 1 amide bonds. The van der Waals surface area contributed by atoms with Gasteiger partial charge in [-0.05, 0) is 50.7 Å². The fourth-order valence-electron chi connectivity index (χ4n) is 2.79. The minimum Gasteiger partial charge on any atom is -0.355 e. The molecule has 0 aromatic rings. The average molecular weight is 320 g/mol. The summed E-state index contributed by atoms with van der Waals surface area (Å²) in [6, 6.07) is 0. The smallest absolute Gasteiger partial charge is 0.235 e. The molecule has 1 heterocycles. The molecule has 98 valence electrons. The van der Waals surface area contributed by atoms with Gasteiger partial charge >= 0.3 is 0 Å². The summed E-state index contributed by atoms with van der Waals surface area (Å²) in [5, 5.41) is 3.17. The van der Waals surface area contributed by atoms with Crippen LogP contribution in [0.25, 0.3) is 0 Å². The van der Waals surface area contributed by atoms with Crippen LogP contribution in [0.4, 0.5) is 0 Å². The van der Waals surface area contributed by atoms with Crippen LogP contribution in [-0.2, 0) is 4.79 Å². The first-order chi connectivity index (χ1) is 8.10. The van der Waals surface area contributed by atoms with Crippen LogP contribution in [0.5, 0.6) is 0 Å². The molecule has 0 aromatic carbocycles. The number of carbonyl (C=O) groups is 1. The lowest BCUT2D eigenvalue weighted by Crippen LogP contribution is -2.42. The van der Waals surface area contributed by atoms with Gasteiger partial charge in [0.2, 0.25) is 5.91 Å². The van der Waals surface area contributed by atoms with Crippen molar-refractivity contribution < 1.29 is 4.79 Å². The van der Waals surface area contributed by atoms with Gasteiger partial charge in [0, 0.05) is 11.4 Å². The molecule has 0 aromatic heterocycles. The third-order valence-corrected chi connectivity index (χ3v) is 6.32. The maximum Gasteiger partial charge on any atom is 0.235 e. The lowest BCUT2D eigenvalue weighted by molar-refractivity contribution is -0.123. The Labute approximate surface area is 117 Å². The zero-order valence-corrected chi connectivity index (χ0v) is 12.9. The Balaban J connectivity index is 1.75. The Hall–Kier alpha value is 0.300. The van der Waals surface area contributed by atoms with Crippen LogP contribution in [0, 0.1) is 5.92 Å². The molecule has 2 fully saturated rings. The largest absolute Gasteiger partial charge is 0.355 e. The molecule has 1 aliphatic heterocycles. The molecule has 0 radical (unpaired) electrons. The summed E-state index contributed by atoms with van der Waals surface area (Å²) in [6.07, 6.45) is 7.29. The maximum atomic E-state index is 12.1. The number of alkyl halides is 1. The summed E-state index contributed by atoms with van der Waals surface area (Å²) in [7, 11) is 0. The van der Waals surface area contributed by atoms with E-state index in [1.54, 1.807) is 0 Å². The first-order valence-electron chi connectivity index (χ1n) is 6.66. The second-order valence-corrected chi connectivity index (χ2v) is 8.42. The van der Waals surface area contributed by atoms with Crippen molar-refractivity contribution >= 4 is 33.6 Å². The molecule has 17 heavy (non-hydrogen) atoms. The average Bonchev–Trinajstić information content (AvgIpc) is 2.74. The summed E-state index contributed by atoms with van der Waals surface area (Å²) >= 11 is 5.51. The lowest BCUT2D eigenvalue weighted by atomic mass is 9.89. The van der Waals surface area contributed by atoms with E-state index in [1.165, 1.54) is 32.1 Å². The summed E-state index contributed by atoms with van der Waals surface area (Å²) < 4.78 is -0.150. The highest BCUT2D eigenvalue weighted by Crippen LogP contribution is 2.38. The van der Waals surface area contributed by atoms with Crippen LogP contribution in [0.1, 0.15) is 45.4 Å². The van der Waals surface area contributed by atoms with Crippen molar-refractivity contribution in [3.8, 4) is 0 Å². The Morgan fingerprint density at radius 2 is 2.29 bits per heavy atom. The van der Waals surface area contributed by atoms with Crippen molar-refractivity contribution in [2.24, 2.45) is 5.92 Å². The van der Waals surface area contributed by atoms with E-state index in [9.17, 15) is 4.79 Å². The van der Waals surface area contributed by atoms with E-state index in [4.69, 9.17) is 0 Å². The number of carbonyl (C=O) groups excluding carboxylic acids is 1. The highest BCUT2D eigenvalue weighted by Gasteiger charge is 2.37. The molecule has 2 nitrogen and oxygen atoms in total. The van der Waals surface area contributed by atoms with Gasteiger partial charge in [-0.25, -0.2) is 0 Å². The fourth-order valence-corrected chi connectivity index (χ4v) is 4.88. The van der Waals surface area contributed by atoms with Crippen LogP contribution in [-0.4, -0.2) is 27.8 Å². The van der Waals surface area contributed by atoms with Crippen molar-refractivity contribution in [3.05, 3.63) is 0 Å². The van der Waals surface area contributed by atoms with Gasteiger partial charge in [0.25, 0.3) is 0 Å². The van der Waals surface area contributed by atoms with Gasteiger partial charge in [-0.2, -0.15) is 0 Å². The Kier molecular flexibility index (Phi) is 4.81. The molecule has 2 aliphatic rings. The molecule has 0 bridgehead atoms. The lowest BCUT2D eigenvalue weighted by Gasteiger charge is -2.28. The molecule has 3 unspecified atom stereocenters. The van der Waals surface area contributed by atoms with Crippen LogP contribution >= 0.6 is 27.7 Å². The molecule has 1 N–H and O–H groups in total. The van der Waals surface area contributed by atoms with Gasteiger partial charge in [-0.3, -0.25) is 4.79 Å². The molecular weight excluding hydrogens is 298 g/mol. The van der Waals surface area contributed by atoms with Crippen LogP contribution in [0.15, 0.2) is 0 Å². The third kappa shape index (κ3) is 3.63. The SMILES string of the molecule is CC1(C(=O)NCC2CCCC(Br)C2)CCCS1. The summed E-state index contributed by atoms with van der Waals surface area (Å²) in [4.78, 5) is 12.8. The third-order valence-electron chi connectivity index (χ3n) is 3.97. The Bertz CT molecular complexity index is 279. The Morgan fingerprint density at radius 1 is 1.47 bits per heavy atom. The van der Waals surface area contributed by atoms with Gasteiger partial charge in [0.1, 0.15) is 0 Å². The highest BCUT2D eigenvalue weighted by atomic mass is 79.9. The standard InChI is InChI=1S/C13H22BrNOS/c1-13(6-3-7-17-13)12(16)15-9-10-4-2-5-11(14)8-10/h10-11H,2-9H2,1H3,(H,15,16). The summed E-state index contributed by atoms with van der Waals surface area (Å²) in [6.45, 7) is 2.96. The normalized spacial score (nSPS) is 38.0. The number of hydrogen-bond donors (Lipinski definition) is 1. The van der Waals surface area contributed by atoms with Crippen molar-refractivity contribution in [1.29, 1.82) is 0 Å². The molecular formula is C13H22BrNOS. The number of thioether (sulfide) groups is 1. The topological polar surface area (TPSA) is 29.1 Å². The van der Waals surface area contributed by atoms with E-state index in [1.807, 2.05) is 11.8 Å². The van der Waals surface area contributed by atoms with Crippen LogP contribution in [0.2, 0.25) is 0 Å². The summed E-state index contributed by atoms with van der Waals surface area (Å²) in [5.41, 5.74) is 0. The van der Waals surface area contributed by atoms with Crippen LogP contribution < -0.4 is 5.32 Å². The van der Waals surface area contributed by atoms with Gasteiger partial charge in [0.05, 0.1) is 4.75 Å². The van der Waals surface area contributed by atoms with E-state index in [0.717, 1.165) is 18.7 Å². The van der Waals surface area contributed by atoms with Crippen molar-refractivity contribution in [1.82, 2.24) is 5.32 Å². The molecule has 4 heteroatoms.